The molecule has 0 amide bonds. The number of rotatable bonds is 7. The fraction of sp³-hybridized carbons (Fsp3) is 0.0448. The summed E-state index contributed by atoms with van der Waals surface area (Å²) in [7, 11) is 0. The zero-order valence-electron chi connectivity index (χ0n) is 38.9. The SMILES string of the molecule is CC1(C)c2ccccc2-c2cc(N(c3ccc(-c4ccc(N(c5cc6ccccc6c6ccccc56)c5cccc6c5oc5ccccc56)cc4)cc3)c3cc4ccccc4c4ccccc34)ccc21. The van der Waals surface area contributed by atoms with Gasteiger partial charge >= 0.3 is 0 Å². The first kappa shape index (κ1) is 40.2. The molecule has 0 bridgehead atoms. The van der Waals surface area contributed by atoms with E-state index in [-0.39, 0.29) is 5.41 Å². The average molecular weight is 895 g/mol. The molecule has 0 fully saturated rings. The summed E-state index contributed by atoms with van der Waals surface area (Å²) >= 11 is 0. The Kier molecular flexibility index (Phi) is 8.93. The molecule has 1 heterocycles. The molecule has 70 heavy (non-hydrogen) atoms. The van der Waals surface area contributed by atoms with Gasteiger partial charge in [-0.15, -0.1) is 0 Å². The second-order valence-corrected chi connectivity index (χ2v) is 19.2. The molecular formula is C67H46N2O. The van der Waals surface area contributed by atoms with Crippen molar-refractivity contribution in [3.05, 3.63) is 254 Å². The number of hydrogen-bond acceptors (Lipinski definition) is 3. The predicted octanol–water partition coefficient (Wildman–Crippen LogP) is 19.1. The van der Waals surface area contributed by atoms with Gasteiger partial charge in [0.25, 0.3) is 0 Å². The lowest BCUT2D eigenvalue weighted by atomic mass is 9.82. The van der Waals surface area contributed by atoms with Crippen LogP contribution >= 0.6 is 0 Å². The number of hydrogen-bond donors (Lipinski definition) is 0. The molecule has 1 aliphatic rings. The van der Waals surface area contributed by atoms with Gasteiger partial charge in [0.15, 0.2) is 5.58 Å². The smallest absolute Gasteiger partial charge is 0.159 e. The second-order valence-electron chi connectivity index (χ2n) is 19.2. The quantitative estimate of drug-likeness (QED) is 0.149. The molecule has 0 saturated carbocycles. The Balaban J connectivity index is 0.905. The molecule has 0 spiro atoms. The number of anilines is 6. The average Bonchev–Trinajstić information content (AvgIpc) is 3.91. The van der Waals surface area contributed by atoms with Crippen molar-refractivity contribution in [1.82, 2.24) is 0 Å². The minimum absolute atomic E-state index is 0.0802. The third kappa shape index (κ3) is 6.15. The van der Waals surface area contributed by atoms with Crippen LogP contribution < -0.4 is 9.80 Å². The molecule has 13 aromatic rings. The molecule has 0 atom stereocenters. The van der Waals surface area contributed by atoms with E-state index in [0.717, 1.165) is 67.2 Å². The Bertz CT molecular complexity index is 4220. The van der Waals surface area contributed by atoms with Gasteiger partial charge in [0.05, 0.1) is 17.1 Å². The van der Waals surface area contributed by atoms with Gasteiger partial charge in [-0.2, -0.15) is 0 Å². The van der Waals surface area contributed by atoms with Crippen LogP contribution in [0.25, 0.3) is 87.3 Å². The fourth-order valence-corrected chi connectivity index (χ4v) is 11.6. The first-order valence-electron chi connectivity index (χ1n) is 24.2. The summed E-state index contributed by atoms with van der Waals surface area (Å²) in [4.78, 5) is 4.84. The van der Waals surface area contributed by atoms with Crippen LogP contribution in [0, 0.1) is 0 Å². The van der Waals surface area contributed by atoms with Gasteiger partial charge in [-0.1, -0.05) is 196 Å². The molecule has 330 valence electrons. The summed E-state index contributed by atoms with van der Waals surface area (Å²) in [6.45, 7) is 4.70. The van der Waals surface area contributed by atoms with Crippen molar-refractivity contribution in [1.29, 1.82) is 0 Å². The lowest BCUT2D eigenvalue weighted by Crippen LogP contribution is -2.15. The summed E-state index contributed by atoms with van der Waals surface area (Å²) in [5, 5.41) is 12.0. The van der Waals surface area contributed by atoms with E-state index in [1.165, 1.54) is 65.3 Å². The van der Waals surface area contributed by atoms with Gasteiger partial charge < -0.3 is 14.2 Å². The Morgan fingerprint density at radius 1 is 0.314 bits per heavy atom. The predicted molar refractivity (Wildman–Crippen MR) is 296 cm³/mol. The van der Waals surface area contributed by atoms with Crippen molar-refractivity contribution >= 4 is 99.2 Å². The van der Waals surface area contributed by atoms with E-state index in [4.69, 9.17) is 4.42 Å². The highest BCUT2D eigenvalue weighted by Gasteiger charge is 2.36. The number of para-hydroxylation sites is 2. The van der Waals surface area contributed by atoms with Crippen LogP contribution in [0.5, 0.6) is 0 Å². The first-order valence-corrected chi connectivity index (χ1v) is 24.2. The maximum absolute atomic E-state index is 6.74. The maximum atomic E-state index is 6.74. The Labute approximate surface area is 406 Å². The highest BCUT2D eigenvalue weighted by molar-refractivity contribution is 6.17. The van der Waals surface area contributed by atoms with Gasteiger partial charge in [-0.25, -0.2) is 0 Å². The van der Waals surface area contributed by atoms with Crippen molar-refractivity contribution in [3.8, 4) is 22.3 Å². The molecule has 1 aliphatic carbocycles. The zero-order chi connectivity index (χ0) is 46.5. The number of benzene rings is 12. The molecule has 12 aromatic carbocycles. The third-order valence-corrected chi connectivity index (χ3v) is 15.0. The monoisotopic (exact) mass is 894 g/mol. The lowest BCUT2D eigenvalue weighted by Gasteiger charge is -2.29. The van der Waals surface area contributed by atoms with Crippen LogP contribution in [0.1, 0.15) is 25.0 Å². The number of nitrogens with zero attached hydrogens (tertiary/aromatic N) is 2. The minimum atomic E-state index is -0.0802. The molecule has 3 heteroatoms. The second kappa shape index (κ2) is 15.6. The normalized spacial score (nSPS) is 12.8. The summed E-state index contributed by atoms with van der Waals surface area (Å²) in [5.74, 6) is 0. The van der Waals surface area contributed by atoms with Crippen LogP contribution in [-0.2, 0) is 5.41 Å². The van der Waals surface area contributed by atoms with Crippen molar-refractivity contribution in [2.75, 3.05) is 9.80 Å². The van der Waals surface area contributed by atoms with Crippen molar-refractivity contribution < 1.29 is 4.42 Å². The van der Waals surface area contributed by atoms with Gasteiger partial charge in [0, 0.05) is 44.0 Å². The molecule has 0 unspecified atom stereocenters. The van der Waals surface area contributed by atoms with Gasteiger partial charge in [0.2, 0.25) is 0 Å². The van der Waals surface area contributed by atoms with E-state index in [2.05, 4.69) is 260 Å². The molecule has 14 rings (SSSR count). The van der Waals surface area contributed by atoms with Gasteiger partial charge in [-0.3, -0.25) is 0 Å². The summed E-state index contributed by atoms with van der Waals surface area (Å²) in [6.07, 6.45) is 0. The number of fused-ring (bicyclic) bond motifs is 12. The van der Waals surface area contributed by atoms with E-state index in [9.17, 15) is 0 Å². The van der Waals surface area contributed by atoms with Gasteiger partial charge in [-0.05, 0) is 126 Å². The topological polar surface area (TPSA) is 19.6 Å². The summed E-state index contributed by atoms with van der Waals surface area (Å²) < 4.78 is 6.74. The van der Waals surface area contributed by atoms with Crippen molar-refractivity contribution in [3.63, 3.8) is 0 Å². The molecule has 0 radical (unpaired) electrons. The standard InChI is InChI=1S/C67H46N2O/c1-67(2)60-27-13-11-22-54(60)59-42-49(38-39-61(59)67)68(63-40-45-16-3-5-18-50(45)52-20-7-9-23-55(52)63)47-34-30-43(31-35-47)44-32-36-48(37-33-44)69(62-28-15-26-58-57-25-12-14-29-65(57)70-66(58)62)64-41-46-17-4-6-19-51(46)53-21-8-10-24-56(53)64/h3-42H,1-2H3. The van der Waals surface area contributed by atoms with Gasteiger partial charge in [0.1, 0.15) is 5.58 Å². The van der Waals surface area contributed by atoms with E-state index in [1.54, 1.807) is 0 Å². The molecule has 0 aliphatic heterocycles. The Hall–Kier alpha value is -8.92. The van der Waals surface area contributed by atoms with Crippen LogP contribution in [0.15, 0.2) is 247 Å². The molecule has 0 N–H and O–H groups in total. The van der Waals surface area contributed by atoms with E-state index < -0.39 is 0 Å². The zero-order valence-corrected chi connectivity index (χ0v) is 38.9. The van der Waals surface area contributed by atoms with Crippen molar-refractivity contribution in [2.45, 2.75) is 19.3 Å². The largest absolute Gasteiger partial charge is 0.454 e. The van der Waals surface area contributed by atoms with Crippen LogP contribution in [0.4, 0.5) is 34.1 Å². The van der Waals surface area contributed by atoms with Crippen LogP contribution in [-0.4, -0.2) is 0 Å². The Morgan fingerprint density at radius 3 is 1.43 bits per heavy atom. The minimum Gasteiger partial charge on any atom is -0.454 e. The molecular weight excluding hydrogens is 849 g/mol. The summed E-state index contributed by atoms with van der Waals surface area (Å²) in [5.41, 5.74) is 15.8. The van der Waals surface area contributed by atoms with Crippen LogP contribution in [0.3, 0.4) is 0 Å². The lowest BCUT2D eigenvalue weighted by molar-refractivity contribution is 0.660. The number of furan rings is 1. The van der Waals surface area contributed by atoms with Crippen LogP contribution in [0.2, 0.25) is 0 Å². The fourth-order valence-electron chi connectivity index (χ4n) is 11.6. The third-order valence-electron chi connectivity index (χ3n) is 15.0. The summed E-state index contributed by atoms with van der Waals surface area (Å²) in [6, 6.07) is 88.7. The molecule has 1 aromatic heterocycles. The highest BCUT2D eigenvalue weighted by atomic mass is 16.3. The highest BCUT2D eigenvalue weighted by Crippen LogP contribution is 2.52. The van der Waals surface area contributed by atoms with E-state index in [1.807, 2.05) is 6.07 Å². The van der Waals surface area contributed by atoms with E-state index in [0.29, 0.717) is 0 Å². The van der Waals surface area contributed by atoms with E-state index >= 15 is 0 Å². The Morgan fingerprint density at radius 2 is 0.786 bits per heavy atom. The van der Waals surface area contributed by atoms with Crippen molar-refractivity contribution in [2.24, 2.45) is 0 Å². The first-order chi connectivity index (χ1) is 34.5. The molecule has 3 nitrogen and oxygen atoms in total. The molecule has 0 saturated heterocycles. The maximum Gasteiger partial charge on any atom is 0.159 e.